The minimum Gasteiger partial charge on any atom is -0.466 e. The number of rotatable bonds is 6. The summed E-state index contributed by atoms with van der Waals surface area (Å²) in [4.78, 5) is 23.3. The zero-order chi connectivity index (χ0) is 17.7. The maximum absolute atomic E-state index is 11.9. The first-order chi connectivity index (χ1) is 11.3. The number of ether oxygens (including phenoxy) is 2. The lowest BCUT2D eigenvalue weighted by molar-refractivity contribution is -0.154. The smallest absolute Gasteiger partial charge is 0.310 e. The van der Waals surface area contributed by atoms with Crippen molar-refractivity contribution in [2.45, 2.75) is 52.7 Å². The Kier molecular flexibility index (Phi) is 5.59. The Morgan fingerprint density at radius 3 is 2.62 bits per heavy atom. The second-order valence-corrected chi connectivity index (χ2v) is 6.60. The third-order valence-corrected chi connectivity index (χ3v) is 3.24. The van der Waals surface area contributed by atoms with Crippen LogP contribution in [0.3, 0.4) is 0 Å². The summed E-state index contributed by atoms with van der Waals surface area (Å²) in [5.41, 5.74) is 1.22. The first kappa shape index (κ1) is 18.0. The fraction of sp³-hybridized carbons (Fsp3) is 0.500. The molecule has 0 bridgehead atoms. The van der Waals surface area contributed by atoms with Crippen molar-refractivity contribution in [1.82, 2.24) is 9.78 Å². The molecule has 0 atom stereocenters. The highest BCUT2D eigenvalue weighted by Gasteiger charge is 2.16. The highest BCUT2D eigenvalue weighted by atomic mass is 16.6. The molecule has 0 radical (unpaired) electrons. The Hall–Kier alpha value is -2.37. The van der Waals surface area contributed by atoms with Crippen LogP contribution in [-0.4, -0.2) is 33.9 Å². The van der Waals surface area contributed by atoms with E-state index in [1.165, 1.54) is 0 Å². The van der Waals surface area contributed by atoms with Gasteiger partial charge in [0.25, 0.3) is 0 Å². The molecule has 0 aliphatic carbocycles. The number of benzene rings is 1. The fourth-order valence-corrected chi connectivity index (χ4v) is 2.33. The molecule has 0 aliphatic rings. The molecule has 0 N–H and O–H groups in total. The van der Waals surface area contributed by atoms with E-state index in [0.29, 0.717) is 13.2 Å². The third kappa shape index (κ3) is 5.37. The average molecular weight is 332 g/mol. The summed E-state index contributed by atoms with van der Waals surface area (Å²) < 4.78 is 12.0. The van der Waals surface area contributed by atoms with Gasteiger partial charge in [0.1, 0.15) is 5.60 Å². The number of fused-ring (bicyclic) bond motifs is 1. The molecule has 0 saturated carbocycles. The molecular weight excluding hydrogens is 308 g/mol. The minimum absolute atomic E-state index is 0.223. The zero-order valence-corrected chi connectivity index (χ0v) is 14.7. The van der Waals surface area contributed by atoms with Crippen molar-refractivity contribution in [2.24, 2.45) is 0 Å². The van der Waals surface area contributed by atoms with Crippen LogP contribution in [0.4, 0.5) is 0 Å². The molecule has 0 unspecified atom stereocenters. The molecular formula is C18H24N2O4. The highest BCUT2D eigenvalue weighted by molar-refractivity contribution is 5.81. The van der Waals surface area contributed by atoms with E-state index in [1.54, 1.807) is 11.6 Å². The standard InChI is InChI=1S/C18H24N2O4/c1-5-23-16(21)8-9-20-12-14-10-13(6-7-15(14)19-20)11-17(22)24-18(2,3)4/h6-7,10,12H,5,8-9,11H2,1-4H3. The molecule has 0 fully saturated rings. The van der Waals surface area contributed by atoms with Crippen LogP contribution in [-0.2, 0) is 32.0 Å². The summed E-state index contributed by atoms with van der Waals surface area (Å²) in [5, 5.41) is 5.35. The first-order valence-corrected chi connectivity index (χ1v) is 8.10. The summed E-state index contributed by atoms with van der Waals surface area (Å²) in [6.07, 6.45) is 2.38. The van der Waals surface area contributed by atoms with Crippen LogP contribution in [0.15, 0.2) is 24.4 Å². The lowest BCUT2D eigenvalue weighted by atomic mass is 10.1. The minimum atomic E-state index is -0.487. The van der Waals surface area contributed by atoms with Gasteiger partial charge in [-0.1, -0.05) is 6.07 Å². The summed E-state index contributed by atoms with van der Waals surface area (Å²) in [7, 11) is 0. The number of hydrogen-bond acceptors (Lipinski definition) is 5. The zero-order valence-electron chi connectivity index (χ0n) is 14.7. The Labute approximate surface area is 141 Å². The molecule has 6 heteroatoms. The molecule has 0 saturated heterocycles. The van der Waals surface area contributed by atoms with Crippen LogP contribution in [0.2, 0.25) is 0 Å². The molecule has 2 aromatic rings. The molecule has 1 aromatic carbocycles. The van der Waals surface area contributed by atoms with Crippen molar-refractivity contribution in [3.05, 3.63) is 30.0 Å². The molecule has 6 nitrogen and oxygen atoms in total. The molecule has 0 amide bonds. The number of nitrogens with zero attached hydrogens (tertiary/aromatic N) is 2. The van der Waals surface area contributed by atoms with E-state index in [0.717, 1.165) is 16.5 Å². The fourth-order valence-electron chi connectivity index (χ4n) is 2.33. The van der Waals surface area contributed by atoms with E-state index < -0.39 is 5.60 Å². The molecule has 1 heterocycles. The van der Waals surface area contributed by atoms with Gasteiger partial charge in [-0.2, -0.15) is 5.10 Å². The van der Waals surface area contributed by atoms with Gasteiger partial charge in [0.05, 0.1) is 31.5 Å². The molecule has 0 aliphatic heterocycles. The number of aryl methyl sites for hydroxylation is 1. The second kappa shape index (κ2) is 7.47. The normalized spacial score (nSPS) is 11.5. The van der Waals surface area contributed by atoms with Crippen LogP contribution in [0.25, 0.3) is 10.9 Å². The van der Waals surface area contributed by atoms with Crippen LogP contribution < -0.4 is 0 Å². The van der Waals surface area contributed by atoms with E-state index in [1.807, 2.05) is 45.2 Å². The van der Waals surface area contributed by atoms with Gasteiger partial charge in [0, 0.05) is 11.6 Å². The van der Waals surface area contributed by atoms with Gasteiger partial charge < -0.3 is 9.47 Å². The van der Waals surface area contributed by atoms with Crippen LogP contribution in [0, 0.1) is 0 Å². The Balaban J connectivity index is 2.03. The van der Waals surface area contributed by atoms with Crippen molar-refractivity contribution >= 4 is 22.8 Å². The Morgan fingerprint density at radius 2 is 1.96 bits per heavy atom. The van der Waals surface area contributed by atoms with E-state index in [4.69, 9.17) is 9.47 Å². The first-order valence-electron chi connectivity index (χ1n) is 8.10. The van der Waals surface area contributed by atoms with Gasteiger partial charge in [0.15, 0.2) is 0 Å². The van der Waals surface area contributed by atoms with Crippen LogP contribution in [0.5, 0.6) is 0 Å². The second-order valence-electron chi connectivity index (χ2n) is 6.60. The summed E-state index contributed by atoms with van der Waals surface area (Å²) in [6, 6.07) is 5.66. The SMILES string of the molecule is CCOC(=O)CCn1cc2cc(CC(=O)OC(C)(C)C)ccc2n1. The molecule has 130 valence electrons. The summed E-state index contributed by atoms with van der Waals surface area (Å²) in [6.45, 7) is 8.18. The monoisotopic (exact) mass is 332 g/mol. The predicted octanol–water partition coefficient (Wildman–Crippen LogP) is 2.87. The van der Waals surface area contributed by atoms with Gasteiger partial charge in [0.2, 0.25) is 0 Å². The van der Waals surface area contributed by atoms with Crippen molar-refractivity contribution < 1.29 is 19.1 Å². The van der Waals surface area contributed by atoms with Crippen LogP contribution in [0.1, 0.15) is 39.7 Å². The van der Waals surface area contributed by atoms with Gasteiger partial charge in [-0.15, -0.1) is 0 Å². The number of aromatic nitrogens is 2. The molecule has 1 aromatic heterocycles. The van der Waals surface area contributed by atoms with Crippen molar-refractivity contribution in [2.75, 3.05) is 6.61 Å². The quantitative estimate of drug-likeness (QED) is 0.761. The topological polar surface area (TPSA) is 70.4 Å². The number of esters is 2. The van der Waals surface area contributed by atoms with Gasteiger partial charge in [-0.3, -0.25) is 14.3 Å². The summed E-state index contributed by atoms with van der Waals surface area (Å²) in [5.74, 6) is -0.487. The maximum Gasteiger partial charge on any atom is 0.310 e. The predicted molar refractivity (Wildman–Crippen MR) is 90.5 cm³/mol. The van der Waals surface area contributed by atoms with Crippen LogP contribution >= 0.6 is 0 Å². The maximum atomic E-state index is 11.9. The summed E-state index contributed by atoms with van der Waals surface area (Å²) >= 11 is 0. The van der Waals surface area contributed by atoms with Gasteiger partial charge in [-0.05, 0) is 45.4 Å². The van der Waals surface area contributed by atoms with E-state index in [-0.39, 0.29) is 24.8 Å². The molecule has 24 heavy (non-hydrogen) atoms. The van der Waals surface area contributed by atoms with Crippen molar-refractivity contribution in [3.8, 4) is 0 Å². The number of carbonyl (C=O) groups is 2. The van der Waals surface area contributed by atoms with E-state index in [9.17, 15) is 9.59 Å². The van der Waals surface area contributed by atoms with Crippen molar-refractivity contribution in [3.63, 3.8) is 0 Å². The van der Waals surface area contributed by atoms with Gasteiger partial charge in [-0.25, -0.2) is 0 Å². The number of hydrogen-bond donors (Lipinski definition) is 0. The lowest BCUT2D eigenvalue weighted by Gasteiger charge is -2.19. The molecule has 2 rings (SSSR count). The molecule has 0 spiro atoms. The van der Waals surface area contributed by atoms with E-state index >= 15 is 0 Å². The Morgan fingerprint density at radius 1 is 1.21 bits per heavy atom. The lowest BCUT2D eigenvalue weighted by Crippen LogP contribution is -2.24. The van der Waals surface area contributed by atoms with Gasteiger partial charge >= 0.3 is 11.9 Å². The van der Waals surface area contributed by atoms with E-state index in [2.05, 4.69) is 5.10 Å². The Bertz CT molecular complexity index is 728. The highest BCUT2D eigenvalue weighted by Crippen LogP contribution is 2.17. The number of carbonyl (C=O) groups excluding carboxylic acids is 2. The third-order valence-electron chi connectivity index (χ3n) is 3.24. The van der Waals surface area contributed by atoms with Crippen molar-refractivity contribution in [1.29, 1.82) is 0 Å². The average Bonchev–Trinajstić information content (AvgIpc) is 2.85. The largest absolute Gasteiger partial charge is 0.466 e.